The third-order valence-electron chi connectivity index (χ3n) is 3.33. The van der Waals surface area contributed by atoms with Crippen molar-refractivity contribution >= 4 is 34.7 Å². The van der Waals surface area contributed by atoms with Crippen LogP contribution in [0.4, 0.5) is 10.5 Å². The minimum Gasteiger partial charge on any atom is -0.490 e. The largest absolute Gasteiger partial charge is 0.490 e. The van der Waals surface area contributed by atoms with Gasteiger partial charge < -0.3 is 4.74 Å². The van der Waals surface area contributed by atoms with Crippen molar-refractivity contribution in [1.82, 2.24) is 0 Å². The van der Waals surface area contributed by atoms with Gasteiger partial charge in [0.1, 0.15) is 12.4 Å². The van der Waals surface area contributed by atoms with Crippen LogP contribution in [-0.4, -0.2) is 17.8 Å². The quantitative estimate of drug-likeness (QED) is 0.596. The minimum absolute atomic E-state index is 0.295. The maximum Gasteiger partial charge on any atom is 0.298 e. The number of para-hydroxylation sites is 1. The van der Waals surface area contributed by atoms with Crippen LogP contribution in [0.25, 0.3) is 6.08 Å². The van der Waals surface area contributed by atoms with E-state index < -0.39 is 0 Å². The molecular weight excluding hydrogens is 322 g/mol. The van der Waals surface area contributed by atoms with E-state index in [1.165, 1.54) is 4.90 Å². The molecule has 2 amide bonds. The zero-order chi connectivity index (χ0) is 16.9. The molecule has 120 valence electrons. The molecule has 1 aliphatic heterocycles. The van der Waals surface area contributed by atoms with Crippen molar-refractivity contribution in [3.63, 3.8) is 0 Å². The molecule has 1 saturated heterocycles. The predicted molar refractivity (Wildman–Crippen MR) is 97.0 cm³/mol. The molecule has 0 aromatic heterocycles. The number of nitrogens with zero attached hydrogens (tertiary/aromatic N) is 1. The van der Waals surface area contributed by atoms with Gasteiger partial charge in [0.2, 0.25) is 0 Å². The number of amides is 2. The molecular formula is C19H15NO3S. The molecule has 3 rings (SSSR count). The highest BCUT2D eigenvalue weighted by Gasteiger charge is 2.36. The Morgan fingerprint density at radius 3 is 2.62 bits per heavy atom. The summed E-state index contributed by atoms with van der Waals surface area (Å²) in [6, 6.07) is 16.3. The van der Waals surface area contributed by atoms with Gasteiger partial charge in [-0.15, -0.1) is 0 Å². The average Bonchev–Trinajstić information content (AvgIpc) is 2.88. The minimum atomic E-state index is -0.311. The van der Waals surface area contributed by atoms with Crippen LogP contribution in [0.3, 0.4) is 0 Å². The second-order valence-corrected chi connectivity index (χ2v) is 6.02. The summed E-state index contributed by atoms with van der Waals surface area (Å²) < 4.78 is 5.48. The summed E-state index contributed by atoms with van der Waals surface area (Å²) in [5.74, 6) is 0.375. The first-order chi connectivity index (χ1) is 11.7. The fraction of sp³-hybridized carbons (Fsp3) is 0.0526. The number of hydrogen-bond donors (Lipinski definition) is 0. The number of ether oxygens (including phenoxy) is 1. The lowest BCUT2D eigenvalue weighted by Crippen LogP contribution is -2.27. The van der Waals surface area contributed by atoms with Gasteiger partial charge in [0.15, 0.2) is 0 Å². The molecule has 1 aliphatic rings. The average molecular weight is 337 g/mol. The molecule has 0 N–H and O–H groups in total. The zero-order valence-electron chi connectivity index (χ0n) is 12.8. The highest BCUT2D eigenvalue weighted by molar-refractivity contribution is 8.19. The van der Waals surface area contributed by atoms with E-state index in [9.17, 15) is 9.59 Å². The summed E-state index contributed by atoms with van der Waals surface area (Å²) in [4.78, 5) is 26.3. The van der Waals surface area contributed by atoms with E-state index in [0.717, 1.165) is 17.3 Å². The van der Waals surface area contributed by atoms with Crippen LogP contribution in [-0.2, 0) is 4.79 Å². The molecule has 4 nitrogen and oxygen atoms in total. The fourth-order valence-corrected chi connectivity index (χ4v) is 3.11. The van der Waals surface area contributed by atoms with E-state index in [4.69, 9.17) is 4.74 Å². The highest BCUT2D eigenvalue weighted by atomic mass is 32.2. The summed E-state index contributed by atoms with van der Waals surface area (Å²) in [6.45, 7) is 4.02. The maximum atomic E-state index is 12.5. The van der Waals surface area contributed by atoms with Crippen LogP contribution in [0.5, 0.6) is 5.75 Å². The summed E-state index contributed by atoms with van der Waals surface area (Å²) in [5, 5.41) is -0.295. The number of imide groups is 1. The van der Waals surface area contributed by atoms with E-state index >= 15 is 0 Å². The standard InChI is InChI=1S/C19H15NO3S/c1-2-11-23-16-10-6-7-14(12-16)13-17-18(21)20(19(22)24-17)15-8-4-3-5-9-15/h2-10,12-13H,1,11H2/b17-13-. The van der Waals surface area contributed by atoms with Gasteiger partial charge >= 0.3 is 0 Å². The second-order valence-electron chi connectivity index (χ2n) is 5.02. The third kappa shape index (κ3) is 3.41. The number of carbonyl (C=O) groups is 2. The molecule has 0 atom stereocenters. The van der Waals surface area contributed by atoms with Gasteiger partial charge in [0.05, 0.1) is 10.6 Å². The van der Waals surface area contributed by atoms with Gasteiger partial charge in [-0.3, -0.25) is 9.59 Å². The van der Waals surface area contributed by atoms with Crippen LogP contribution in [0, 0.1) is 0 Å². The number of carbonyl (C=O) groups excluding carboxylic acids is 2. The first-order valence-corrected chi connectivity index (χ1v) is 8.17. The van der Waals surface area contributed by atoms with Gasteiger partial charge in [-0.25, -0.2) is 4.90 Å². The molecule has 1 heterocycles. The number of thioether (sulfide) groups is 1. The van der Waals surface area contributed by atoms with Crippen LogP contribution in [0.15, 0.2) is 72.2 Å². The Morgan fingerprint density at radius 1 is 1.08 bits per heavy atom. The van der Waals surface area contributed by atoms with Crippen molar-refractivity contribution in [1.29, 1.82) is 0 Å². The number of rotatable bonds is 5. The number of anilines is 1. The van der Waals surface area contributed by atoms with E-state index in [-0.39, 0.29) is 11.1 Å². The van der Waals surface area contributed by atoms with Crippen molar-refractivity contribution in [3.8, 4) is 5.75 Å². The van der Waals surface area contributed by atoms with Crippen molar-refractivity contribution < 1.29 is 14.3 Å². The molecule has 2 aromatic carbocycles. The maximum absolute atomic E-state index is 12.5. The Bertz CT molecular complexity index is 814. The summed E-state index contributed by atoms with van der Waals surface area (Å²) in [7, 11) is 0. The third-order valence-corrected chi connectivity index (χ3v) is 4.20. The summed E-state index contributed by atoms with van der Waals surface area (Å²) in [6.07, 6.45) is 3.37. The van der Waals surface area contributed by atoms with Crippen molar-refractivity contribution in [2.24, 2.45) is 0 Å². The number of benzene rings is 2. The van der Waals surface area contributed by atoms with E-state index in [2.05, 4.69) is 6.58 Å². The topological polar surface area (TPSA) is 46.6 Å². The lowest BCUT2D eigenvalue weighted by atomic mass is 10.2. The van der Waals surface area contributed by atoms with Gasteiger partial charge in [0.25, 0.3) is 11.1 Å². The van der Waals surface area contributed by atoms with Crippen LogP contribution < -0.4 is 9.64 Å². The Kier molecular flexibility index (Phi) is 4.82. The Labute approximate surface area is 144 Å². The molecule has 0 saturated carbocycles. The number of hydrogen-bond acceptors (Lipinski definition) is 4. The van der Waals surface area contributed by atoms with Crippen molar-refractivity contribution in [3.05, 3.63) is 77.7 Å². The predicted octanol–water partition coefficient (Wildman–Crippen LogP) is 4.49. The van der Waals surface area contributed by atoms with Crippen LogP contribution in [0.1, 0.15) is 5.56 Å². The smallest absolute Gasteiger partial charge is 0.298 e. The van der Waals surface area contributed by atoms with E-state index in [1.54, 1.807) is 36.4 Å². The van der Waals surface area contributed by atoms with Crippen LogP contribution >= 0.6 is 11.8 Å². The molecule has 0 unspecified atom stereocenters. The Morgan fingerprint density at radius 2 is 1.88 bits per heavy atom. The fourth-order valence-electron chi connectivity index (χ4n) is 2.27. The van der Waals surface area contributed by atoms with Gasteiger partial charge in [-0.1, -0.05) is 43.0 Å². The molecule has 5 heteroatoms. The lowest BCUT2D eigenvalue weighted by molar-refractivity contribution is -0.113. The molecule has 0 bridgehead atoms. The van der Waals surface area contributed by atoms with Gasteiger partial charge in [0, 0.05) is 0 Å². The first kappa shape index (κ1) is 16.1. The summed E-state index contributed by atoms with van der Waals surface area (Å²) in [5.41, 5.74) is 1.38. The normalized spacial score (nSPS) is 15.8. The molecule has 0 radical (unpaired) electrons. The Hall–Kier alpha value is -2.79. The SMILES string of the molecule is C=CCOc1cccc(/C=C2\SC(=O)N(c3ccccc3)C2=O)c1. The van der Waals surface area contributed by atoms with Crippen LogP contribution in [0.2, 0.25) is 0 Å². The van der Waals surface area contributed by atoms with Crippen molar-refractivity contribution in [2.45, 2.75) is 0 Å². The molecule has 1 fully saturated rings. The Balaban J connectivity index is 1.85. The van der Waals surface area contributed by atoms with Gasteiger partial charge in [-0.05, 0) is 47.7 Å². The second kappa shape index (κ2) is 7.19. The lowest BCUT2D eigenvalue weighted by Gasteiger charge is -2.11. The summed E-state index contributed by atoms with van der Waals surface area (Å²) >= 11 is 0.937. The van der Waals surface area contributed by atoms with Crippen molar-refractivity contribution in [2.75, 3.05) is 11.5 Å². The zero-order valence-corrected chi connectivity index (χ0v) is 13.7. The highest BCUT2D eigenvalue weighted by Crippen LogP contribution is 2.35. The van der Waals surface area contributed by atoms with E-state index in [1.807, 2.05) is 30.3 Å². The first-order valence-electron chi connectivity index (χ1n) is 7.36. The van der Waals surface area contributed by atoms with E-state index in [0.29, 0.717) is 22.9 Å². The molecule has 24 heavy (non-hydrogen) atoms. The monoisotopic (exact) mass is 337 g/mol. The molecule has 2 aromatic rings. The molecule has 0 aliphatic carbocycles. The van der Waals surface area contributed by atoms with Gasteiger partial charge in [-0.2, -0.15) is 0 Å². The molecule has 0 spiro atoms.